The maximum absolute atomic E-state index is 12.2. The molecule has 0 fully saturated rings. The Kier molecular flexibility index (Phi) is 3.82. The molecule has 2 aromatic rings. The van der Waals surface area contributed by atoms with Crippen LogP contribution in [0, 0.1) is 0 Å². The van der Waals surface area contributed by atoms with Crippen molar-refractivity contribution in [3.8, 4) is 11.5 Å². The van der Waals surface area contributed by atoms with Crippen LogP contribution in [0.3, 0.4) is 0 Å². The van der Waals surface area contributed by atoms with Crippen LogP contribution in [-0.4, -0.2) is 23.7 Å². The number of carbonyl (C=O) groups is 1. The van der Waals surface area contributed by atoms with E-state index in [9.17, 15) is 4.79 Å². The van der Waals surface area contributed by atoms with Gasteiger partial charge in [-0.15, -0.1) is 0 Å². The van der Waals surface area contributed by atoms with Gasteiger partial charge in [-0.3, -0.25) is 4.79 Å². The smallest absolute Gasteiger partial charge is 0.255 e. The lowest BCUT2D eigenvalue weighted by Crippen LogP contribution is -2.13. The molecule has 22 heavy (non-hydrogen) atoms. The Hall–Kier alpha value is -2.76. The second kappa shape index (κ2) is 5.93. The number of fused-ring (bicyclic) bond motifs is 1. The van der Waals surface area contributed by atoms with E-state index < -0.39 is 0 Å². The highest BCUT2D eigenvalue weighted by molar-refractivity contribution is 6.04. The maximum Gasteiger partial charge on any atom is 0.255 e. The van der Waals surface area contributed by atoms with E-state index in [2.05, 4.69) is 15.6 Å². The first-order chi connectivity index (χ1) is 10.6. The minimum absolute atomic E-state index is 0.189. The summed E-state index contributed by atoms with van der Waals surface area (Å²) >= 11 is 0. The molecule has 0 unspecified atom stereocenters. The molecule has 0 bridgehead atoms. The molecule has 0 spiro atoms. The van der Waals surface area contributed by atoms with Gasteiger partial charge in [-0.25, -0.2) is 4.98 Å². The normalized spacial score (nSPS) is 12.3. The van der Waals surface area contributed by atoms with E-state index in [0.29, 0.717) is 28.8 Å². The first-order valence-electron chi connectivity index (χ1n) is 7.05. The molecule has 0 aliphatic carbocycles. The first-order valence-corrected chi connectivity index (χ1v) is 7.05. The topological polar surface area (TPSA) is 72.5 Å². The number of nitrogens with one attached hydrogen (secondary N) is 2. The molecule has 1 aromatic carbocycles. The molecule has 2 heterocycles. The quantitative estimate of drug-likeness (QED) is 0.908. The van der Waals surface area contributed by atoms with Gasteiger partial charge in [-0.2, -0.15) is 0 Å². The van der Waals surface area contributed by atoms with Crippen LogP contribution in [0.2, 0.25) is 0 Å². The van der Waals surface area contributed by atoms with Gasteiger partial charge in [-0.05, 0) is 44.2 Å². The predicted octanol–water partition coefficient (Wildman–Crippen LogP) is 2.88. The van der Waals surface area contributed by atoms with Crippen molar-refractivity contribution in [1.82, 2.24) is 4.98 Å². The number of benzene rings is 1. The lowest BCUT2D eigenvalue weighted by Gasteiger charge is -2.10. The number of hydrogen-bond donors (Lipinski definition) is 2. The number of hydrogen-bond acceptors (Lipinski definition) is 5. The summed E-state index contributed by atoms with van der Waals surface area (Å²) in [4.78, 5) is 16.5. The van der Waals surface area contributed by atoms with Crippen LogP contribution in [0.15, 0.2) is 36.5 Å². The SMILES string of the molecule is CC(C)Nc1ccc(NC(=O)c2ccc3c(c2)OCO3)cn1. The van der Waals surface area contributed by atoms with E-state index in [1.54, 1.807) is 24.4 Å². The van der Waals surface area contributed by atoms with Gasteiger partial charge in [0.05, 0.1) is 11.9 Å². The van der Waals surface area contributed by atoms with Crippen LogP contribution >= 0.6 is 0 Å². The standard InChI is InChI=1S/C16H17N3O3/c1-10(2)18-15-6-4-12(8-17-15)19-16(20)11-3-5-13-14(7-11)22-9-21-13/h3-8,10H,9H2,1-2H3,(H,17,18)(H,19,20). The van der Waals surface area contributed by atoms with Crippen molar-refractivity contribution in [1.29, 1.82) is 0 Å². The van der Waals surface area contributed by atoms with Gasteiger partial charge in [0.2, 0.25) is 6.79 Å². The molecule has 1 aliphatic heterocycles. The van der Waals surface area contributed by atoms with Crippen molar-refractivity contribution in [2.24, 2.45) is 0 Å². The Labute approximate surface area is 128 Å². The number of rotatable bonds is 4. The molecule has 6 heteroatoms. The Balaban J connectivity index is 1.68. The summed E-state index contributed by atoms with van der Waals surface area (Å²) in [7, 11) is 0. The summed E-state index contributed by atoms with van der Waals surface area (Å²) in [5.74, 6) is 1.80. The van der Waals surface area contributed by atoms with Crippen LogP contribution < -0.4 is 20.1 Å². The summed E-state index contributed by atoms with van der Waals surface area (Å²) < 4.78 is 10.5. The molecule has 2 N–H and O–H groups in total. The molecule has 0 radical (unpaired) electrons. The van der Waals surface area contributed by atoms with Gasteiger partial charge < -0.3 is 20.1 Å². The van der Waals surface area contributed by atoms with E-state index in [1.165, 1.54) is 0 Å². The molecule has 0 atom stereocenters. The van der Waals surface area contributed by atoms with Gasteiger partial charge in [0, 0.05) is 11.6 Å². The fourth-order valence-corrected chi connectivity index (χ4v) is 2.09. The van der Waals surface area contributed by atoms with Crippen molar-refractivity contribution in [3.63, 3.8) is 0 Å². The highest BCUT2D eigenvalue weighted by Gasteiger charge is 2.16. The van der Waals surface area contributed by atoms with Gasteiger partial charge in [-0.1, -0.05) is 0 Å². The third-order valence-electron chi connectivity index (χ3n) is 3.09. The van der Waals surface area contributed by atoms with Crippen molar-refractivity contribution in [2.45, 2.75) is 19.9 Å². The van der Waals surface area contributed by atoms with E-state index in [-0.39, 0.29) is 12.7 Å². The van der Waals surface area contributed by atoms with Crippen LogP contribution in [0.25, 0.3) is 0 Å². The van der Waals surface area contributed by atoms with Crippen molar-refractivity contribution in [3.05, 3.63) is 42.1 Å². The summed E-state index contributed by atoms with van der Waals surface area (Å²) in [5, 5.41) is 6.00. The zero-order valence-electron chi connectivity index (χ0n) is 12.4. The third kappa shape index (κ3) is 3.11. The second-order valence-corrected chi connectivity index (χ2v) is 5.25. The highest BCUT2D eigenvalue weighted by atomic mass is 16.7. The summed E-state index contributed by atoms with van der Waals surface area (Å²) in [6.07, 6.45) is 1.62. The Bertz CT molecular complexity index is 684. The number of ether oxygens (including phenoxy) is 2. The Morgan fingerprint density at radius 1 is 1.18 bits per heavy atom. The minimum Gasteiger partial charge on any atom is -0.454 e. The number of amides is 1. The average Bonchev–Trinajstić information content (AvgIpc) is 2.96. The van der Waals surface area contributed by atoms with Crippen molar-refractivity contribution in [2.75, 3.05) is 17.4 Å². The monoisotopic (exact) mass is 299 g/mol. The maximum atomic E-state index is 12.2. The number of aromatic nitrogens is 1. The van der Waals surface area contributed by atoms with Crippen molar-refractivity contribution < 1.29 is 14.3 Å². The van der Waals surface area contributed by atoms with Crippen LogP contribution in [0.5, 0.6) is 11.5 Å². The molecule has 0 saturated carbocycles. The molecular formula is C16H17N3O3. The Morgan fingerprint density at radius 2 is 2.00 bits per heavy atom. The first kappa shape index (κ1) is 14.2. The van der Waals surface area contributed by atoms with Crippen LogP contribution in [0.4, 0.5) is 11.5 Å². The van der Waals surface area contributed by atoms with Gasteiger partial charge in [0.25, 0.3) is 5.91 Å². The number of anilines is 2. The van der Waals surface area contributed by atoms with E-state index in [1.807, 2.05) is 26.0 Å². The third-order valence-corrected chi connectivity index (χ3v) is 3.09. The van der Waals surface area contributed by atoms with E-state index >= 15 is 0 Å². The second-order valence-electron chi connectivity index (χ2n) is 5.25. The fraction of sp³-hybridized carbons (Fsp3) is 0.250. The molecule has 1 aliphatic rings. The Morgan fingerprint density at radius 3 is 2.73 bits per heavy atom. The highest BCUT2D eigenvalue weighted by Crippen LogP contribution is 2.32. The predicted molar refractivity (Wildman–Crippen MR) is 83.5 cm³/mol. The molecule has 3 rings (SSSR count). The fourth-order valence-electron chi connectivity index (χ4n) is 2.09. The van der Waals surface area contributed by atoms with Crippen LogP contribution in [-0.2, 0) is 0 Å². The van der Waals surface area contributed by atoms with Gasteiger partial charge in [0.1, 0.15) is 5.82 Å². The number of nitrogens with zero attached hydrogens (tertiary/aromatic N) is 1. The summed E-state index contributed by atoms with van der Waals surface area (Å²) in [6, 6.07) is 9.04. The zero-order valence-corrected chi connectivity index (χ0v) is 12.4. The molecule has 6 nitrogen and oxygen atoms in total. The number of carbonyl (C=O) groups excluding carboxylic acids is 1. The van der Waals surface area contributed by atoms with Crippen LogP contribution in [0.1, 0.15) is 24.2 Å². The van der Waals surface area contributed by atoms with E-state index in [0.717, 1.165) is 5.82 Å². The molecule has 0 saturated heterocycles. The van der Waals surface area contributed by atoms with E-state index in [4.69, 9.17) is 9.47 Å². The number of pyridine rings is 1. The van der Waals surface area contributed by atoms with Gasteiger partial charge >= 0.3 is 0 Å². The van der Waals surface area contributed by atoms with Gasteiger partial charge in [0.15, 0.2) is 11.5 Å². The summed E-state index contributed by atoms with van der Waals surface area (Å²) in [5.41, 5.74) is 1.14. The molecule has 1 amide bonds. The average molecular weight is 299 g/mol. The molecule has 1 aromatic heterocycles. The largest absolute Gasteiger partial charge is 0.454 e. The zero-order chi connectivity index (χ0) is 15.5. The molecular weight excluding hydrogens is 282 g/mol. The van der Waals surface area contributed by atoms with Crippen molar-refractivity contribution >= 4 is 17.4 Å². The minimum atomic E-state index is -0.218. The lowest BCUT2D eigenvalue weighted by molar-refractivity contribution is 0.102. The lowest BCUT2D eigenvalue weighted by atomic mass is 10.2. The summed E-state index contributed by atoms with van der Waals surface area (Å²) in [6.45, 7) is 4.27. The molecule has 114 valence electrons.